The standard InChI is InChI=1S/C19H15Cl2FN2O2/c1-24(2)18-15-11(9-10-5-3-4-6-12(10)20)13(21)7-8-14(15)23-17(16(18)22)19(25)26/h3-8H,9H2,1-2H3,(H,25,26). The Kier molecular flexibility index (Phi) is 5.03. The quantitative estimate of drug-likeness (QED) is 0.675. The molecule has 0 unspecified atom stereocenters. The second-order valence-corrected chi connectivity index (χ2v) is 6.83. The first-order valence-corrected chi connectivity index (χ1v) is 8.51. The summed E-state index contributed by atoms with van der Waals surface area (Å²) >= 11 is 12.7. The molecule has 1 N–H and O–H groups in total. The Hall–Kier alpha value is -2.37. The zero-order valence-corrected chi connectivity index (χ0v) is 15.6. The van der Waals surface area contributed by atoms with Crippen LogP contribution in [0.25, 0.3) is 10.9 Å². The molecule has 1 heterocycles. The molecule has 0 aliphatic heterocycles. The van der Waals surface area contributed by atoms with Crippen LogP contribution >= 0.6 is 23.2 Å². The Morgan fingerprint density at radius 2 is 1.85 bits per heavy atom. The van der Waals surface area contributed by atoms with Crippen LogP contribution in [0, 0.1) is 5.82 Å². The maximum Gasteiger partial charge on any atom is 0.357 e. The van der Waals surface area contributed by atoms with Crippen LogP contribution in [0.15, 0.2) is 36.4 Å². The molecule has 0 aliphatic carbocycles. The van der Waals surface area contributed by atoms with E-state index < -0.39 is 17.5 Å². The largest absolute Gasteiger partial charge is 0.476 e. The van der Waals surface area contributed by atoms with Crippen molar-refractivity contribution in [3.05, 3.63) is 69.1 Å². The van der Waals surface area contributed by atoms with Crippen LogP contribution in [0.1, 0.15) is 21.6 Å². The lowest BCUT2D eigenvalue weighted by Gasteiger charge is -2.20. The van der Waals surface area contributed by atoms with Crippen LogP contribution in [-0.2, 0) is 6.42 Å². The Morgan fingerprint density at radius 1 is 1.15 bits per heavy atom. The molecule has 0 aliphatic rings. The second-order valence-electron chi connectivity index (χ2n) is 6.01. The zero-order chi connectivity index (χ0) is 19.0. The second kappa shape index (κ2) is 7.09. The van der Waals surface area contributed by atoms with Gasteiger partial charge in [0.15, 0.2) is 11.5 Å². The molecule has 0 atom stereocenters. The number of hydrogen-bond donors (Lipinski definition) is 1. The fourth-order valence-corrected chi connectivity index (χ4v) is 3.35. The molecule has 0 radical (unpaired) electrons. The minimum absolute atomic E-state index is 0.136. The van der Waals surface area contributed by atoms with Crippen LogP contribution in [0.5, 0.6) is 0 Å². The van der Waals surface area contributed by atoms with Gasteiger partial charge in [0.2, 0.25) is 0 Å². The van der Waals surface area contributed by atoms with Crippen LogP contribution < -0.4 is 4.90 Å². The highest BCUT2D eigenvalue weighted by molar-refractivity contribution is 6.33. The number of carboxylic acid groups (broad SMARTS) is 1. The summed E-state index contributed by atoms with van der Waals surface area (Å²) in [6, 6.07) is 10.5. The number of aromatic nitrogens is 1. The van der Waals surface area contributed by atoms with Gasteiger partial charge in [-0.05, 0) is 29.3 Å². The van der Waals surface area contributed by atoms with Crippen molar-refractivity contribution in [1.29, 1.82) is 0 Å². The number of nitrogens with zero attached hydrogens (tertiary/aromatic N) is 2. The fourth-order valence-electron chi connectivity index (χ4n) is 2.93. The van der Waals surface area contributed by atoms with Gasteiger partial charge in [0.25, 0.3) is 0 Å². The van der Waals surface area contributed by atoms with E-state index in [2.05, 4.69) is 4.98 Å². The maximum atomic E-state index is 14.9. The van der Waals surface area contributed by atoms with Gasteiger partial charge < -0.3 is 10.0 Å². The number of hydrogen-bond acceptors (Lipinski definition) is 3. The zero-order valence-electron chi connectivity index (χ0n) is 14.1. The van der Waals surface area contributed by atoms with E-state index in [-0.39, 0.29) is 5.69 Å². The summed E-state index contributed by atoms with van der Waals surface area (Å²) in [5.74, 6) is -2.31. The van der Waals surface area contributed by atoms with Crippen molar-refractivity contribution in [3.8, 4) is 0 Å². The molecule has 0 amide bonds. The molecule has 0 saturated carbocycles. The average molecular weight is 393 g/mol. The predicted molar refractivity (Wildman–Crippen MR) is 102 cm³/mol. The van der Waals surface area contributed by atoms with Gasteiger partial charge in [0.1, 0.15) is 0 Å². The summed E-state index contributed by atoms with van der Waals surface area (Å²) in [7, 11) is 3.29. The van der Waals surface area contributed by atoms with E-state index in [0.717, 1.165) is 5.56 Å². The topological polar surface area (TPSA) is 53.4 Å². The Bertz CT molecular complexity index is 1020. The molecule has 2 aromatic carbocycles. The predicted octanol–water partition coefficient (Wildman–Crippen LogP) is 5.04. The molecule has 1 aromatic heterocycles. The van der Waals surface area contributed by atoms with Crippen LogP contribution in [-0.4, -0.2) is 30.2 Å². The highest BCUT2D eigenvalue weighted by Gasteiger charge is 2.24. The molecular weight excluding hydrogens is 378 g/mol. The Balaban J connectivity index is 2.36. The summed E-state index contributed by atoms with van der Waals surface area (Å²) in [4.78, 5) is 16.9. The fraction of sp³-hybridized carbons (Fsp3) is 0.158. The summed E-state index contributed by atoms with van der Waals surface area (Å²) in [6.45, 7) is 0. The Labute approximate surface area is 159 Å². The first-order chi connectivity index (χ1) is 12.3. The number of aromatic carboxylic acids is 1. The smallest absolute Gasteiger partial charge is 0.357 e. The van der Waals surface area contributed by atoms with Crippen molar-refractivity contribution >= 4 is 45.8 Å². The van der Waals surface area contributed by atoms with Crippen LogP contribution in [0.2, 0.25) is 10.0 Å². The van der Waals surface area contributed by atoms with Crippen molar-refractivity contribution in [2.24, 2.45) is 0 Å². The maximum absolute atomic E-state index is 14.9. The van der Waals surface area contributed by atoms with Crippen molar-refractivity contribution in [2.75, 3.05) is 19.0 Å². The lowest BCUT2D eigenvalue weighted by Crippen LogP contribution is -2.16. The number of pyridine rings is 1. The molecule has 0 fully saturated rings. The monoisotopic (exact) mass is 392 g/mol. The average Bonchev–Trinajstić information content (AvgIpc) is 2.58. The van der Waals surface area contributed by atoms with E-state index in [1.54, 1.807) is 32.3 Å². The van der Waals surface area contributed by atoms with Gasteiger partial charge in [0.05, 0.1) is 11.2 Å². The van der Waals surface area contributed by atoms with Gasteiger partial charge in [-0.1, -0.05) is 41.4 Å². The van der Waals surface area contributed by atoms with Gasteiger partial charge in [-0.2, -0.15) is 0 Å². The van der Waals surface area contributed by atoms with Gasteiger partial charge >= 0.3 is 5.97 Å². The summed E-state index contributed by atoms with van der Waals surface area (Å²) in [5.41, 5.74) is 1.35. The third-order valence-corrected chi connectivity index (χ3v) is 4.82. The number of carbonyl (C=O) groups is 1. The molecule has 134 valence electrons. The van der Waals surface area contributed by atoms with Gasteiger partial charge in [-0.3, -0.25) is 0 Å². The molecule has 0 spiro atoms. The third-order valence-electron chi connectivity index (χ3n) is 4.09. The minimum atomic E-state index is -1.42. The highest BCUT2D eigenvalue weighted by atomic mass is 35.5. The van der Waals surface area contributed by atoms with E-state index in [1.807, 2.05) is 18.2 Å². The number of carboxylic acids is 1. The van der Waals surface area contributed by atoms with Gasteiger partial charge in [-0.15, -0.1) is 0 Å². The van der Waals surface area contributed by atoms with Crippen molar-refractivity contribution < 1.29 is 14.3 Å². The van der Waals surface area contributed by atoms with E-state index >= 15 is 0 Å². The molecule has 0 saturated heterocycles. The first-order valence-electron chi connectivity index (χ1n) is 7.76. The lowest BCUT2D eigenvalue weighted by molar-refractivity contribution is 0.0685. The normalized spacial score (nSPS) is 11.0. The summed E-state index contributed by atoms with van der Waals surface area (Å²) in [5, 5.41) is 10.7. The third kappa shape index (κ3) is 3.20. The van der Waals surface area contributed by atoms with Crippen molar-refractivity contribution in [3.63, 3.8) is 0 Å². The molecule has 3 aromatic rings. The molecule has 26 heavy (non-hydrogen) atoms. The Morgan fingerprint density at radius 3 is 2.46 bits per heavy atom. The van der Waals surface area contributed by atoms with E-state index in [4.69, 9.17) is 23.2 Å². The number of rotatable bonds is 4. The van der Waals surface area contributed by atoms with Crippen molar-refractivity contribution in [1.82, 2.24) is 4.98 Å². The van der Waals surface area contributed by atoms with Crippen LogP contribution in [0.4, 0.5) is 10.1 Å². The number of anilines is 1. The molecule has 7 heteroatoms. The van der Waals surface area contributed by atoms with E-state index in [0.29, 0.717) is 32.9 Å². The number of halogens is 3. The van der Waals surface area contributed by atoms with Crippen LogP contribution in [0.3, 0.4) is 0 Å². The lowest BCUT2D eigenvalue weighted by atomic mass is 9.98. The molecule has 0 bridgehead atoms. The summed E-state index contributed by atoms with van der Waals surface area (Å²) in [6.07, 6.45) is 0.365. The minimum Gasteiger partial charge on any atom is -0.476 e. The number of fused-ring (bicyclic) bond motifs is 1. The molecular formula is C19H15Cl2FN2O2. The molecule has 4 nitrogen and oxygen atoms in total. The number of benzene rings is 2. The molecule has 3 rings (SSSR count). The van der Waals surface area contributed by atoms with Gasteiger partial charge in [-0.25, -0.2) is 14.2 Å². The highest BCUT2D eigenvalue weighted by Crippen LogP contribution is 2.37. The summed E-state index contributed by atoms with van der Waals surface area (Å²) < 4.78 is 14.9. The first kappa shape index (κ1) is 18.4. The SMILES string of the molecule is CN(C)c1c(F)c(C(=O)O)nc2ccc(Cl)c(Cc3ccccc3Cl)c12. The van der Waals surface area contributed by atoms with E-state index in [9.17, 15) is 14.3 Å². The van der Waals surface area contributed by atoms with Crippen molar-refractivity contribution in [2.45, 2.75) is 6.42 Å². The van der Waals surface area contributed by atoms with E-state index in [1.165, 1.54) is 4.90 Å². The van der Waals surface area contributed by atoms with Gasteiger partial charge in [0, 0.05) is 35.9 Å².